The highest BCUT2D eigenvalue weighted by Gasteiger charge is 2.14. The van der Waals surface area contributed by atoms with Gasteiger partial charge in [-0.3, -0.25) is 9.59 Å². The lowest BCUT2D eigenvalue weighted by Gasteiger charge is -2.11. The van der Waals surface area contributed by atoms with Gasteiger partial charge in [0.1, 0.15) is 0 Å². The maximum absolute atomic E-state index is 11.3. The normalized spacial score (nSPS) is 19.8. The van der Waals surface area contributed by atoms with E-state index in [0.717, 1.165) is 24.8 Å². The molecule has 0 aromatic heterocycles. The molecule has 0 unspecified atom stereocenters. The lowest BCUT2D eigenvalue weighted by molar-refractivity contribution is -0.142. The minimum absolute atomic E-state index is 0.195. The Bertz CT molecular complexity index is 253. The molecule has 1 saturated carbocycles. The third-order valence-corrected chi connectivity index (χ3v) is 2.28. The summed E-state index contributed by atoms with van der Waals surface area (Å²) in [7, 11) is 0. The first kappa shape index (κ1) is 11.0. The molecule has 3 heteroatoms. The van der Waals surface area contributed by atoms with E-state index in [4.69, 9.17) is 4.74 Å². The number of ether oxygens (including phenoxy) is 1. The largest absolute Gasteiger partial charge is 0.466 e. The maximum Gasteiger partial charge on any atom is 0.309 e. The van der Waals surface area contributed by atoms with Crippen molar-refractivity contribution < 1.29 is 14.3 Å². The molecule has 1 fully saturated rings. The topological polar surface area (TPSA) is 43.4 Å². The Morgan fingerprint density at radius 1 is 1.43 bits per heavy atom. The van der Waals surface area contributed by atoms with E-state index in [9.17, 15) is 9.59 Å². The number of esters is 1. The van der Waals surface area contributed by atoms with E-state index in [2.05, 4.69) is 0 Å². The minimum Gasteiger partial charge on any atom is -0.466 e. The second-order valence-electron chi connectivity index (χ2n) is 3.37. The zero-order valence-electron chi connectivity index (χ0n) is 8.54. The standard InChI is InChI=1S/C11H16O3/c1-2-14-11(13)8-7-9-5-3-4-6-10(9)12/h7H,2-6,8H2,1H3/b9-7+. The monoisotopic (exact) mass is 196 g/mol. The third kappa shape index (κ3) is 3.32. The molecular formula is C11H16O3. The van der Waals surface area contributed by atoms with Crippen molar-refractivity contribution in [3.63, 3.8) is 0 Å². The molecule has 3 nitrogen and oxygen atoms in total. The van der Waals surface area contributed by atoms with E-state index >= 15 is 0 Å². The summed E-state index contributed by atoms with van der Waals surface area (Å²) in [5, 5.41) is 0. The molecule has 0 saturated heterocycles. The molecule has 1 rings (SSSR count). The van der Waals surface area contributed by atoms with Crippen molar-refractivity contribution in [2.24, 2.45) is 0 Å². The fraction of sp³-hybridized carbons (Fsp3) is 0.636. The molecule has 0 aliphatic heterocycles. The summed E-state index contributed by atoms with van der Waals surface area (Å²) in [6, 6.07) is 0. The fourth-order valence-electron chi connectivity index (χ4n) is 1.54. The van der Waals surface area contributed by atoms with Crippen LogP contribution >= 0.6 is 0 Å². The van der Waals surface area contributed by atoms with E-state index in [-0.39, 0.29) is 18.2 Å². The highest BCUT2D eigenvalue weighted by molar-refractivity contribution is 5.96. The molecule has 0 N–H and O–H groups in total. The maximum atomic E-state index is 11.3. The van der Waals surface area contributed by atoms with Crippen molar-refractivity contribution in [1.82, 2.24) is 0 Å². The molecule has 0 bridgehead atoms. The van der Waals surface area contributed by atoms with Crippen LogP contribution in [-0.4, -0.2) is 18.4 Å². The van der Waals surface area contributed by atoms with Crippen molar-refractivity contribution in [1.29, 1.82) is 0 Å². The minimum atomic E-state index is -0.252. The summed E-state index contributed by atoms with van der Waals surface area (Å²) in [5.74, 6) is -0.0566. The first-order chi connectivity index (χ1) is 6.74. The molecule has 0 atom stereocenters. The number of hydrogen-bond donors (Lipinski definition) is 0. The molecular weight excluding hydrogens is 180 g/mol. The molecule has 78 valence electrons. The van der Waals surface area contributed by atoms with Crippen molar-refractivity contribution in [2.75, 3.05) is 6.61 Å². The second-order valence-corrected chi connectivity index (χ2v) is 3.37. The summed E-state index contributed by atoms with van der Waals surface area (Å²) < 4.78 is 4.77. The van der Waals surface area contributed by atoms with Crippen LogP contribution in [0.4, 0.5) is 0 Å². The Labute approximate surface area is 84.1 Å². The summed E-state index contributed by atoms with van der Waals surface area (Å²) >= 11 is 0. The average Bonchev–Trinajstić information content (AvgIpc) is 2.17. The molecule has 0 heterocycles. The van der Waals surface area contributed by atoms with Gasteiger partial charge in [-0.25, -0.2) is 0 Å². The second kappa shape index (κ2) is 5.58. The van der Waals surface area contributed by atoms with Crippen molar-refractivity contribution in [2.45, 2.75) is 39.0 Å². The Hall–Kier alpha value is -1.12. The molecule has 1 aliphatic carbocycles. The Kier molecular flexibility index (Phi) is 4.36. The van der Waals surface area contributed by atoms with E-state index in [1.165, 1.54) is 0 Å². The Balaban J connectivity index is 2.42. The number of carbonyl (C=O) groups excluding carboxylic acids is 2. The number of rotatable bonds is 3. The van der Waals surface area contributed by atoms with Gasteiger partial charge in [-0.05, 0) is 31.8 Å². The van der Waals surface area contributed by atoms with Crippen molar-refractivity contribution in [3.05, 3.63) is 11.6 Å². The summed E-state index contributed by atoms with van der Waals surface area (Å²) in [5.41, 5.74) is 0.810. The van der Waals surface area contributed by atoms with Gasteiger partial charge in [0.15, 0.2) is 5.78 Å². The van der Waals surface area contributed by atoms with Gasteiger partial charge in [-0.2, -0.15) is 0 Å². The van der Waals surface area contributed by atoms with Gasteiger partial charge in [0, 0.05) is 6.42 Å². The Morgan fingerprint density at radius 3 is 2.79 bits per heavy atom. The van der Waals surface area contributed by atoms with E-state index in [1.807, 2.05) is 0 Å². The van der Waals surface area contributed by atoms with Crippen LogP contribution < -0.4 is 0 Å². The summed E-state index contributed by atoms with van der Waals surface area (Å²) in [4.78, 5) is 22.4. The third-order valence-electron chi connectivity index (χ3n) is 2.28. The first-order valence-electron chi connectivity index (χ1n) is 5.12. The molecule has 0 spiro atoms. The van der Waals surface area contributed by atoms with Crippen LogP contribution in [0, 0.1) is 0 Å². The average molecular weight is 196 g/mol. The van der Waals surface area contributed by atoms with Crippen LogP contribution in [0.3, 0.4) is 0 Å². The SMILES string of the molecule is CCOC(=O)C/C=C1\CCCCC1=O. The molecule has 0 aromatic rings. The number of carbonyl (C=O) groups is 2. The van der Waals surface area contributed by atoms with Crippen LogP contribution in [0.15, 0.2) is 11.6 Å². The van der Waals surface area contributed by atoms with Crippen LogP contribution in [0.25, 0.3) is 0 Å². The number of ketones is 1. The van der Waals surface area contributed by atoms with Crippen LogP contribution in [-0.2, 0) is 14.3 Å². The fourth-order valence-corrected chi connectivity index (χ4v) is 1.54. The first-order valence-corrected chi connectivity index (χ1v) is 5.12. The van der Waals surface area contributed by atoms with E-state index in [1.54, 1.807) is 13.0 Å². The molecule has 14 heavy (non-hydrogen) atoms. The lowest BCUT2D eigenvalue weighted by Crippen LogP contribution is -2.09. The number of Topliss-reactive ketones (excluding diaryl/α,β-unsaturated/α-hetero) is 1. The summed E-state index contributed by atoms with van der Waals surface area (Å²) in [6.07, 6.45) is 5.44. The lowest BCUT2D eigenvalue weighted by atomic mass is 9.93. The summed E-state index contributed by atoms with van der Waals surface area (Å²) in [6.45, 7) is 2.17. The van der Waals surface area contributed by atoms with Gasteiger partial charge in [0.2, 0.25) is 0 Å². The smallest absolute Gasteiger partial charge is 0.309 e. The number of hydrogen-bond acceptors (Lipinski definition) is 3. The predicted molar refractivity (Wildman–Crippen MR) is 52.8 cm³/mol. The molecule has 0 aromatic carbocycles. The van der Waals surface area contributed by atoms with Crippen LogP contribution in [0.1, 0.15) is 39.0 Å². The van der Waals surface area contributed by atoms with Crippen molar-refractivity contribution >= 4 is 11.8 Å². The molecule has 0 radical (unpaired) electrons. The van der Waals surface area contributed by atoms with Crippen LogP contribution in [0.2, 0.25) is 0 Å². The highest BCUT2D eigenvalue weighted by Crippen LogP contribution is 2.19. The van der Waals surface area contributed by atoms with E-state index in [0.29, 0.717) is 13.0 Å². The van der Waals surface area contributed by atoms with Gasteiger partial charge >= 0.3 is 5.97 Å². The predicted octanol–water partition coefficient (Wildman–Crippen LogP) is 2.01. The van der Waals surface area contributed by atoms with E-state index < -0.39 is 0 Å². The highest BCUT2D eigenvalue weighted by atomic mass is 16.5. The zero-order valence-corrected chi connectivity index (χ0v) is 8.54. The Morgan fingerprint density at radius 2 is 2.14 bits per heavy atom. The van der Waals surface area contributed by atoms with Gasteiger partial charge in [-0.1, -0.05) is 6.08 Å². The van der Waals surface area contributed by atoms with Gasteiger partial charge in [0.05, 0.1) is 13.0 Å². The van der Waals surface area contributed by atoms with Crippen LogP contribution in [0.5, 0.6) is 0 Å². The van der Waals surface area contributed by atoms with Gasteiger partial charge in [-0.15, -0.1) is 0 Å². The van der Waals surface area contributed by atoms with Gasteiger partial charge in [0.25, 0.3) is 0 Å². The molecule has 0 amide bonds. The van der Waals surface area contributed by atoms with Crippen molar-refractivity contribution in [3.8, 4) is 0 Å². The zero-order chi connectivity index (χ0) is 10.4. The quantitative estimate of drug-likeness (QED) is 0.512. The van der Waals surface area contributed by atoms with Gasteiger partial charge < -0.3 is 4.74 Å². The molecule has 1 aliphatic rings. The number of allylic oxidation sites excluding steroid dienone is 1.